The number of hydrogen-bond acceptors (Lipinski definition) is 2. The Bertz CT molecular complexity index is 245. The first-order chi connectivity index (χ1) is 7.42. The fraction of sp³-hybridized carbons (Fsp3) is 0.846. The maximum Gasteiger partial charge on any atom is 0.0250 e. The molecule has 2 unspecified atom stereocenters. The lowest BCUT2D eigenvalue weighted by Gasteiger charge is -2.28. The summed E-state index contributed by atoms with van der Waals surface area (Å²) in [6.45, 7) is 5.61. The summed E-state index contributed by atoms with van der Waals surface area (Å²) in [5, 5.41) is 3.64. The fourth-order valence-corrected chi connectivity index (χ4v) is 2.95. The van der Waals surface area contributed by atoms with Gasteiger partial charge in [0.1, 0.15) is 0 Å². The van der Waals surface area contributed by atoms with Gasteiger partial charge in [0.15, 0.2) is 0 Å². The van der Waals surface area contributed by atoms with Crippen molar-refractivity contribution in [3.05, 3.63) is 0 Å². The Morgan fingerprint density at radius 3 is 3.00 bits per heavy atom. The van der Waals surface area contributed by atoms with Crippen molar-refractivity contribution >= 4 is 0 Å². The molecule has 2 nitrogen and oxygen atoms in total. The lowest BCUT2D eigenvalue weighted by atomic mass is 10.0. The van der Waals surface area contributed by atoms with E-state index in [2.05, 4.69) is 22.1 Å². The van der Waals surface area contributed by atoms with Gasteiger partial charge in [-0.1, -0.05) is 0 Å². The van der Waals surface area contributed by atoms with Gasteiger partial charge < -0.3 is 5.32 Å². The summed E-state index contributed by atoms with van der Waals surface area (Å²) in [5.41, 5.74) is 0. The molecule has 2 saturated heterocycles. The molecule has 2 rings (SSSR count). The molecular weight excluding hydrogens is 184 g/mol. The van der Waals surface area contributed by atoms with Gasteiger partial charge in [-0.3, -0.25) is 4.90 Å². The summed E-state index contributed by atoms with van der Waals surface area (Å²) in [6.07, 6.45) is 6.55. The molecule has 2 heterocycles. The number of rotatable bonds is 3. The van der Waals surface area contributed by atoms with Crippen LogP contribution in [-0.2, 0) is 0 Å². The molecule has 1 N–H and O–H groups in total. The Hall–Kier alpha value is -0.520. The summed E-state index contributed by atoms with van der Waals surface area (Å²) < 4.78 is 0. The summed E-state index contributed by atoms with van der Waals surface area (Å²) >= 11 is 0. The van der Waals surface area contributed by atoms with Crippen molar-refractivity contribution in [2.24, 2.45) is 0 Å². The molecule has 0 spiro atoms. The van der Waals surface area contributed by atoms with Gasteiger partial charge in [0.2, 0.25) is 0 Å². The number of hydrogen-bond donors (Lipinski definition) is 1. The maximum absolute atomic E-state index is 3.64. The largest absolute Gasteiger partial charge is 0.312 e. The van der Waals surface area contributed by atoms with E-state index in [1.807, 2.05) is 6.92 Å². The van der Waals surface area contributed by atoms with Crippen LogP contribution in [0.2, 0.25) is 0 Å². The van der Waals surface area contributed by atoms with E-state index in [0.29, 0.717) is 0 Å². The molecule has 2 aliphatic heterocycles. The average Bonchev–Trinajstić information content (AvgIpc) is 2.87. The SMILES string of the molecule is CC#CCCN1CCCC1C1CCCN1. The highest BCUT2D eigenvalue weighted by atomic mass is 15.2. The van der Waals surface area contributed by atoms with Crippen LogP contribution >= 0.6 is 0 Å². The molecular formula is C13H22N2. The zero-order chi connectivity index (χ0) is 10.5. The van der Waals surface area contributed by atoms with Crippen LogP contribution in [0.3, 0.4) is 0 Å². The summed E-state index contributed by atoms with van der Waals surface area (Å²) in [4.78, 5) is 2.65. The molecule has 0 aromatic heterocycles. The van der Waals surface area contributed by atoms with Gasteiger partial charge in [0.05, 0.1) is 0 Å². The van der Waals surface area contributed by atoms with Gasteiger partial charge in [0.25, 0.3) is 0 Å². The molecule has 0 aliphatic carbocycles. The lowest BCUT2D eigenvalue weighted by Crippen LogP contribution is -2.44. The quantitative estimate of drug-likeness (QED) is 0.706. The van der Waals surface area contributed by atoms with Crippen LogP contribution in [0.1, 0.15) is 39.0 Å². The lowest BCUT2D eigenvalue weighted by molar-refractivity contribution is 0.219. The molecule has 84 valence electrons. The maximum atomic E-state index is 3.64. The van der Waals surface area contributed by atoms with Gasteiger partial charge in [-0.15, -0.1) is 11.8 Å². The van der Waals surface area contributed by atoms with Crippen molar-refractivity contribution in [1.82, 2.24) is 10.2 Å². The second-order valence-corrected chi connectivity index (χ2v) is 4.63. The minimum Gasteiger partial charge on any atom is -0.312 e. The van der Waals surface area contributed by atoms with Gasteiger partial charge in [-0.2, -0.15) is 0 Å². The Balaban J connectivity index is 1.83. The smallest absolute Gasteiger partial charge is 0.0250 e. The van der Waals surface area contributed by atoms with E-state index in [1.165, 1.54) is 45.3 Å². The third kappa shape index (κ3) is 2.74. The monoisotopic (exact) mass is 206 g/mol. The molecule has 0 aromatic rings. The predicted molar refractivity (Wildman–Crippen MR) is 63.7 cm³/mol. The highest BCUT2D eigenvalue weighted by molar-refractivity contribution is 4.98. The summed E-state index contributed by atoms with van der Waals surface area (Å²) in [7, 11) is 0. The molecule has 0 saturated carbocycles. The van der Waals surface area contributed by atoms with Crippen LogP contribution in [0.15, 0.2) is 0 Å². The molecule has 0 radical (unpaired) electrons. The van der Waals surface area contributed by atoms with Crippen LogP contribution in [0.5, 0.6) is 0 Å². The first-order valence-electron chi connectivity index (χ1n) is 6.29. The van der Waals surface area contributed by atoms with Crippen molar-refractivity contribution in [3.8, 4) is 11.8 Å². The van der Waals surface area contributed by atoms with Crippen molar-refractivity contribution in [2.75, 3.05) is 19.6 Å². The normalized spacial score (nSPS) is 31.5. The summed E-state index contributed by atoms with van der Waals surface area (Å²) in [6, 6.07) is 1.56. The average molecular weight is 206 g/mol. The topological polar surface area (TPSA) is 15.3 Å². The van der Waals surface area contributed by atoms with Crippen LogP contribution in [0.4, 0.5) is 0 Å². The zero-order valence-corrected chi connectivity index (χ0v) is 9.76. The van der Waals surface area contributed by atoms with Gasteiger partial charge in [0, 0.05) is 25.0 Å². The van der Waals surface area contributed by atoms with Crippen molar-refractivity contribution < 1.29 is 0 Å². The van der Waals surface area contributed by atoms with Gasteiger partial charge in [-0.25, -0.2) is 0 Å². The van der Waals surface area contributed by atoms with E-state index in [4.69, 9.17) is 0 Å². The Morgan fingerprint density at radius 2 is 2.27 bits per heavy atom. The third-order valence-corrected chi connectivity index (χ3v) is 3.68. The van der Waals surface area contributed by atoms with Gasteiger partial charge in [-0.05, 0) is 45.7 Å². The molecule has 0 bridgehead atoms. The zero-order valence-electron chi connectivity index (χ0n) is 9.76. The third-order valence-electron chi connectivity index (χ3n) is 3.68. The number of likely N-dealkylation sites (tertiary alicyclic amines) is 1. The minimum atomic E-state index is 0.766. The second-order valence-electron chi connectivity index (χ2n) is 4.63. The molecule has 15 heavy (non-hydrogen) atoms. The van der Waals surface area contributed by atoms with E-state index in [-0.39, 0.29) is 0 Å². The molecule has 2 fully saturated rings. The van der Waals surface area contributed by atoms with Crippen LogP contribution in [0, 0.1) is 11.8 Å². The first kappa shape index (κ1) is 11.0. The highest BCUT2D eigenvalue weighted by Gasteiger charge is 2.32. The van der Waals surface area contributed by atoms with E-state index in [1.54, 1.807) is 0 Å². The number of nitrogens with zero attached hydrogens (tertiary/aromatic N) is 1. The molecule has 2 atom stereocenters. The molecule has 0 amide bonds. The van der Waals surface area contributed by atoms with E-state index >= 15 is 0 Å². The standard InChI is InChI=1S/C13H22N2/c1-2-3-4-10-15-11-6-8-13(15)12-7-5-9-14-12/h12-14H,4-11H2,1H3. The van der Waals surface area contributed by atoms with Crippen LogP contribution in [0.25, 0.3) is 0 Å². The second kappa shape index (κ2) is 5.53. The van der Waals surface area contributed by atoms with Crippen molar-refractivity contribution in [1.29, 1.82) is 0 Å². The molecule has 0 aromatic carbocycles. The number of nitrogens with one attached hydrogen (secondary N) is 1. The minimum absolute atomic E-state index is 0.766. The summed E-state index contributed by atoms with van der Waals surface area (Å²) in [5.74, 6) is 6.16. The molecule has 2 heteroatoms. The Morgan fingerprint density at radius 1 is 1.33 bits per heavy atom. The van der Waals surface area contributed by atoms with E-state index in [9.17, 15) is 0 Å². The first-order valence-corrected chi connectivity index (χ1v) is 6.29. The van der Waals surface area contributed by atoms with Crippen LogP contribution in [-0.4, -0.2) is 36.6 Å². The van der Waals surface area contributed by atoms with Gasteiger partial charge >= 0.3 is 0 Å². The van der Waals surface area contributed by atoms with Crippen LogP contribution < -0.4 is 5.32 Å². The Labute approximate surface area is 93.4 Å². The van der Waals surface area contributed by atoms with E-state index < -0.39 is 0 Å². The van der Waals surface area contributed by atoms with Crippen molar-refractivity contribution in [2.45, 2.75) is 51.1 Å². The van der Waals surface area contributed by atoms with Crippen molar-refractivity contribution in [3.63, 3.8) is 0 Å². The molecule has 2 aliphatic rings. The predicted octanol–water partition coefficient (Wildman–Crippen LogP) is 1.62. The fourth-order valence-electron chi connectivity index (χ4n) is 2.95. The highest BCUT2D eigenvalue weighted by Crippen LogP contribution is 2.24. The Kier molecular flexibility index (Phi) is 4.05. The van der Waals surface area contributed by atoms with E-state index in [0.717, 1.165) is 18.5 Å².